The average molecular weight is 944 g/mol. The van der Waals surface area contributed by atoms with Gasteiger partial charge in [0.1, 0.15) is 42.3 Å². The number of amides is 1. The average Bonchev–Trinajstić information content (AvgIpc) is 3.37. The summed E-state index contributed by atoms with van der Waals surface area (Å²) in [4.78, 5) is 22.4. The standard InChI is InChI=1S/C56H60ClFN2O8/c1-2-32-65-56-52(60(55(63)64-33-29-57)37-39-19-23-44(58)24-20-39)36-50(59-66-38-40-13-5-3-6-14-40)48-34-43(17-9-11-30-61)47(18-10-12-31-62)53(54(48)56)49-35-46(27-28-51(49)68-56)67-45-25-21-42(22-26-45)41-15-7-4-8-16-41/h2-8,13-16,19-28,34-35,43,47,52-54,61-62H,1,9-12,17-18,29-33,36-38H2. The highest BCUT2D eigenvalue weighted by Crippen LogP contribution is 2.62. The lowest BCUT2D eigenvalue weighted by molar-refractivity contribution is -0.256. The number of carbonyl (C=O) groups is 1. The molecule has 6 unspecified atom stereocenters. The van der Waals surface area contributed by atoms with Crippen LogP contribution in [0.1, 0.15) is 67.6 Å². The summed E-state index contributed by atoms with van der Waals surface area (Å²) in [6.07, 6.45) is 7.84. The first-order valence-electron chi connectivity index (χ1n) is 23.7. The molecule has 0 spiro atoms. The molecule has 1 saturated carbocycles. The zero-order valence-corrected chi connectivity index (χ0v) is 39.0. The number of nitrogens with zero attached hydrogens (tertiary/aromatic N) is 2. The molecule has 2 aliphatic carbocycles. The number of hydrogen-bond acceptors (Lipinski definition) is 9. The SMILES string of the molecule is C=CCOC12Oc3ccc(Oc4ccc(-c5ccccc5)cc4)cc3C3C(CCCCO)C(CCCCO)C=C(C(=NOCc4ccccc4)CC1N(Cc1ccc(F)cc1)C(=O)OCCCl)C32. The van der Waals surface area contributed by atoms with Gasteiger partial charge in [-0.15, -0.1) is 18.2 Å². The highest BCUT2D eigenvalue weighted by molar-refractivity contribution is 6.18. The third kappa shape index (κ3) is 11.1. The van der Waals surface area contributed by atoms with E-state index in [9.17, 15) is 19.4 Å². The fourth-order valence-electron chi connectivity index (χ4n) is 10.3. The number of carbonyl (C=O) groups excluding carboxylic acids is 1. The van der Waals surface area contributed by atoms with Crippen molar-refractivity contribution in [3.8, 4) is 28.4 Å². The van der Waals surface area contributed by atoms with Gasteiger partial charge >= 0.3 is 6.09 Å². The molecule has 0 bridgehead atoms. The van der Waals surface area contributed by atoms with Crippen LogP contribution in [0.2, 0.25) is 0 Å². The number of oxime groups is 1. The van der Waals surface area contributed by atoms with Gasteiger partial charge in [-0.2, -0.15) is 0 Å². The first-order chi connectivity index (χ1) is 33.3. The van der Waals surface area contributed by atoms with E-state index in [2.05, 4.69) is 30.9 Å². The van der Waals surface area contributed by atoms with Crippen molar-refractivity contribution >= 4 is 23.4 Å². The first-order valence-corrected chi connectivity index (χ1v) is 24.2. The van der Waals surface area contributed by atoms with Crippen LogP contribution in [0.25, 0.3) is 11.1 Å². The van der Waals surface area contributed by atoms with Gasteiger partial charge in [-0.1, -0.05) is 115 Å². The second kappa shape index (κ2) is 23.4. The molecule has 1 heterocycles. The van der Waals surface area contributed by atoms with E-state index in [1.54, 1.807) is 23.1 Å². The Kier molecular flexibility index (Phi) is 16.6. The Hall–Kier alpha value is -5.98. The van der Waals surface area contributed by atoms with E-state index in [4.69, 9.17) is 40.5 Å². The molecule has 0 saturated heterocycles. The predicted molar refractivity (Wildman–Crippen MR) is 262 cm³/mol. The minimum absolute atomic E-state index is 0.0114. The molecule has 0 aromatic heterocycles. The van der Waals surface area contributed by atoms with Crippen LogP contribution in [0.5, 0.6) is 17.2 Å². The van der Waals surface area contributed by atoms with Gasteiger partial charge < -0.3 is 34.0 Å². The highest BCUT2D eigenvalue weighted by Gasteiger charge is 2.65. The first kappa shape index (κ1) is 48.5. The maximum atomic E-state index is 14.6. The van der Waals surface area contributed by atoms with Crippen LogP contribution in [-0.4, -0.2) is 71.1 Å². The third-order valence-electron chi connectivity index (χ3n) is 13.3. The molecule has 5 aromatic rings. The number of alkyl halides is 1. The Morgan fingerprint density at radius 3 is 2.25 bits per heavy atom. The zero-order chi connectivity index (χ0) is 47.3. The van der Waals surface area contributed by atoms with Crippen molar-refractivity contribution in [2.24, 2.45) is 22.9 Å². The monoisotopic (exact) mass is 942 g/mol. The molecule has 2 N–H and O–H groups in total. The Labute approximate surface area is 403 Å². The molecule has 1 aliphatic heterocycles. The van der Waals surface area contributed by atoms with Crippen molar-refractivity contribution < 1.29 is 43.2 Å². The Bertz CT molecular complexity index is 2490. The molecule has 1 fully saturated rings. The topological polar surface area (TPSA) is 119 Å². The number of rotatable bonds is 22. The van der Waals surface area contributed by atoms with Gasteiger partial charge in [-0.25, -0.2) is 9.18 Å². The highest BCUT2D eigenvalue weighted by atomic mass is 35.5. The molecule has 6 atom stereocenters. The fourth-order valence-corrected chi connectivity index (χ4v) is 10.3. The van der Waals surface area contributed by atoms with Crippen LogP contribution in [-0.2, 0) is 27.5 Å². The summed E-state index contributed by atoms with van der Waals surface area (Å²) in [6, 6.07) is 39.0. The van der Waals surface area contributed by atoms with Crippen LogP contribution in [0.4, 0.5) is 9.18 Å². The third-order valence-corrected chi connectivity index (χ3v) is 13.4. The largest absolute Gasteiger partial charge is 0.459 e. The molecule has 3 aliphatic rings. The number of fused-ring (bicyclic) bond motifs is 2. The fraction of sp³-hybridized carbons (Fsp3) is 0.357. The van der Waals surface area contributed by atoms with Crippen molar-refractivity contribution in [1.29, 1.82) is 0 Å². The second-order valence-corrected chi connectivity index (χ2v) is 18.0. The van der Waals surface area contributed by atoms with Crippen LogP contribution < -0.4 is 9.47 Å². The number of hydrogen-bond donors (Lipinski definition) is 2. The zero-order valence-electron chi connectivity index (χ0n) is 38.3. The van der Waals surface area contributed by atoms with Crippen LogP contribution >= 0.6 is 11.6 Å². The lowest BCUT2D eigenvalue weighted by Gasteiger charge is -2.59. The van der Waals surface area contributed by atoms with E-state index in [1.165, 1.54) is 12.1 Å². The van der Waals surface area contributed by atoms with Gasteiger partial charge in [-0.3, -0.25) is 4.90 Å². The maximum absolute atomic E-state index is 14.6. The van der Waals surface area contributed by atoms with E-state index in [-0.39, 0.29) is 69.6 Å². The molecule has 0 radical (unpaired) electrons. The number of unbranched alkanes of at least 4 members (excludes halogenated alkanes) is 2. The Morgan fingerprint density at radius 2 is 1.54 bits per heavy atom. The molecule has 12 heteroatoms. The minimum Gasteiger partial charge on any atom is -0.459 e. The number of ether oxygens (including phenoxy) is 4. The molecule has 5 aromatic carbocycles. The smallest absolute Gasteiger partial charge is 0.410 e. The van der Waals surface area contributed by atoms with Gasteiger partial charge in [0.15, 0.2) is 0 Å². The van der Waals surface area contributed by atoms with Gasteiger partial charge in [0.05, 0.1) is 24.1 Å². The summed E-state index contributed by atoms with van der Waals surface area (Å²) in [5.74, 6) is -0.854. The number of benzene rings is 5. The quantitative estimate of drug-likeness (QED) is 0.0305. The van der Waals surface area contributed by atoms with Gasteiger partial charge in [0, 0.05) is 37.7 Å². The molecule has 68 heavy (non-hydrogen) atoms. The molecule has 8 rings (SSSR count). The van der Waals surface area contributed by atoms with Crippen molar-refractivity contribution in [2.45, 2.75) is 75.8 Å². The number of aliphatic hydroxyl groups is 2. The number of aliphatic hydroxyl groups excluding tert-OH is 2. The van der Waals surface area contributed by atoms with Crippen LogP contribution in [0.15, 0.2) is 157 Å². The van der Waals surface area contributed by atoms with Gasteiger partial charge in [-0.05, 0) is 108 Å². The van der Waals surface area contributed by atoms with E-state index >= 15 is 0 Å². The normalized spacial score (nSPS) is 22.0. The summed E-state index contributed by atoms with van der Waals surface area (Å²) in [5.41, 5.74) is 6.22. The molecular weight excluding hydrogens is 883 g/mol. The van der Waals surface area contributed by atoms with Crippen molar-refractivity contribution in [3.05, 3.63) is 174 Å². The Balaban J connectivity index is 1.30. The second-order valence-electron chi connectivity index (χ2n) is 17.6. The summed E-state index contributed by atoms with van der Waals surface area (Å²) in [5, 5.41) is 25.0. The summed E-state index contributed by atoms with van der Waals surface area (Å²) >= 11 is 6.11. The van der Waals surface area contributed by atoms with E-state index < -0.39 is 29.7 Å². The summed E-state index contributed by atoms with van der Waals surface area (Å²) in [6.45, 7) is 4.45. The molecular formula is C56H60ClFN2O8. The predicted octanol–water partition coefficient (Wildman–Crippen LogP) is 12.0. The van der Waals surface area contributed by atoms with Crippen LogP contribution in [0, 0.1) is 23.6 Å². The summed E-state index contributed by atoms with van der Waals surface area (Å²) < 4.78 is 41.3. The minimum atomic E-state index is -1.54. The van der Waals surface area contributed by atoms with Gasteiger partial charge in [0.25, 0.3) is 0 Å². The molecule has 1 amide bonds. The lowest BCUT2D eigenvalue weighted by Crippen LogP contribution is -2.70. The van der Waals surface area contributed by atoms with E-state index in [0.29, 0.717) is 41.4 Å². The maximum Gasteiger partial charge on any atom is 0.410 e. The van der Waals surface area contributed by atoms with Crippen molar-refractivity contribution in [2.75, 3.05) is 32.3 Å². The van der Waals surface area contributed by atoms with Crippen LogP contribution in [0.3, 0.4) is 0 Å². The number of halogens is 2. The van der Waals surface area contributed by atoms with Crippen molar-refractivity contribution in [1.82, 2.24) is 4.90 Å². The van der Waals surface area contributed by atoms with E-state index in [1.807, 2.05) is 84.9 Å². The van der Waals surface area contributed by atoms with E-state index in [0.717, 1.165) is 53.5 Å². The molecule has 356 valence electrons. The Morgan fingerprint density at radius 1 is 0.853 bits per heavy atom. The van der Waals surface area contributed by atoms with Crippen molar-refractivity contribution in [3.63, 3.8) is 0 Å². The lowest BCUT2D eigenvalue weighted by atomic mass is 9.55. The number of allylic oxidation sites excluding steroid dienone is 1. The summed E-state index contributed by atoms with van der Waals surface area (Å²) in [7, 11) is 0. The molecule has 10 nitrogen and oxygen atoms in total. The van der Waals surface area contributed by atoms with Gasteiger partial charge in [0.2, 0.25) is 5.79 Å².